The van der Waals surface area contributed by atoms with Crippen LogP contribution in [0, 0.1) is 0 Å². The van der Waals surface area contributed by atoms with E-state index in [1.54, 1.807) is 0 Å². The van der Waals surface area contributed by atoms with E-state index in [9.17, 15) is 4.79 Å². The summed E-state index contributed by atoms with van der Waals surface area (Å²) in [5.41, 5.74) is 0.875. The van der Waals surface area contributed by atoms with E-state index in [2.05, 4.69) is 16.8 Å². The Morgan fingerprint density at radius 3 is 3.06 bits per heavy atom. The van der Waals surface area contributed by atoms with E-state index < -0.39 is 5.97 Å². The van der Waals surface area contributed by atoms with Gasteiger partial charge in [0.05, 0.1) is 5.52 Å². The molecule has 18 heavy (non-hydrogen) atoms. The lowest BCUT2D eigenvalue weighted by Crippen LogP contribution is -2.03. The zero-order chi connectivity index (χ0) is 12.8. The number of aromatic nitrogens is 2. The van der Waals surface area contributed by atoms with Crippen molar-refractivity contribution in [3.63, 3.8) is 0 Å². The fourth-order valence-corrected chi connectivity index (χ4v) is 2.07. The van der Waals surface area contributed by atoms with Crippen LogP contribution < -0.4 is 0 Å². The Morgan fingerprint density at radius 2 is 2.22 bits per heavy atom. The first-order valence-corrected chi connectivity index (χ1v) is 6.42. The molecule has 1 aromatic carbocycles. The first-order valence-electron chi connectivity index (χ1n) is 5.44. The molecule has 0 fully saturated rings. The molecule has 0 N–H and O–H groups in total. The van der Waals surface area contributed by atoms with Gasteiger partial charge in [0.15, 0.2) is 0 Å². The molecular formula is C13H12N2O2S. The highest BCUT2D eigenvalue weighted by atomic mass is 32.2. The number of thioether (sulfide) groups is 1. The van der Waals surface area contributed by atoms with Crippen LogP contribution >= 0.6 is 11.8 Å². The molecule has 0 saturated heterocycles. The molecule has 2 rings (SSSR count). The lowest BCUT2D eigenvalue weighted by atomic mass is 10.2. The first-order chi connectivity index (χ1) is 8.79. The van der Waals surface area contributed by atoms with Crippen molar-refractivity contribution < 1.29 is 9.53 Å². The van der Waals surface area contributed by atoms with Gasteiger partial charge < -0.3 is 4.74 Å². The molecule has 4 nitrogen and oxygen atoms in total. The maximum absolute atomic E-state index is 10.8. The van der Waals surface area contributed by atoms with Gasteiger partial charge >= 0.3 is 5.97 Å². The molecule has 0 saturated carbocycles. The monoisotopic (exact) mass is 260 g/mol. The van der Waals surface area contributed by atoms with Crippen molar-refractivity contribution in [1.29, 1.82) is 0 Å². The van der Waals surface area contributed by atoms with Gasteiger partial charge in [-0.25, -0.2) is 4.79 Å². The Morgan fingerprint density at radius 1 is 1.39 bits per heavy atom. The maximum Gasteiger partial charge on any atom is 0.330 e. The first kappa shape index (κ1) is 12.6. The van der Waals surface area contributed by atoms with Crippen LogP contribution in [0.4, 0.5) is 0 Å². The van der Waals surface area contributed by atoms with E-state index in [0.717, 1.165) is 22.0 Å². The van der Waals surface area contributed by atoms with Crippen LogP contribution in [0.15, 0.2) is 48.0 Å². The van der Waals surface area contributed by atoms with Crippen molar-refractivity contribution in [2.75, 3.05) is 12.4 Å². The van der Waals surface area contributed by atoms with Crippen LogP contribution in [-0.4, -0.2) is 28.5 Å². The molecule has 0 spiro atoms. The summed E-state index contributed by atoms with van der Waals surface area (Å²) < 4.78 is 4.87. The third kappa shape index (κ3) is 3.30. The third-order valence-electron chi connectivity index (χ3n) is 2.22. The zero-order valence-electron chi connectivity index (χ0n) is 9.70. The second kappa shape index (κ2) is 6.16. The number of hydrogen-bond acceptors (Lipinski definition) is 5. The van der Waals surface area contributed by atoms with Crippen LogP contribution in [0.3, 0.4) is 0 Å². The predicted molar refractivity (Wildman–Crippen MR) is 71.4 cm³/mol. The van der Waals surface area contributed by atoms with Gasteiger partial charge in [-0.2, -0.15) is 0 Å². The van der Waals surface area contributed by atoms with Gasteiger partial charge in [-0.05, 0) is 12.1 Å². The molecule has 0 radical (unpaired) electrons. The van der Waals surface area contributed by atoms with E-state index in [0.29, 0.717) is 12.4 Å². The molecule has 1 heterocycles. The average Bonchev–Trinajstić information content (AvgIpc) is 2.43. The number of hydrogen-bond donors (Lipinski definition) is 0. The zero-order valence-corrected chi connectivity index (χ0v) is 10.5. The van der Waals surface area contributed by atoms with Gasteiger partial charge in [0.2, 0.25) is 0 Å². The number of carbonyl (C=O) groups excluding carboxylic acids is 1. The van der Waals surface area contributed by atoms with Crippen molar-refractivity contribution >= 4 is 28.6 Å². The highest BCUT2D eigenvalue weighted by molar-refractivity contribution is 7.99. The van der Waals surface area contributed by atoms with E-state index in [4.69, 9.17) is 4.74 Å². The fraction of sp³-hybridized carbons (Fsp3) is 0.154. The van der Waals surface area contributed by atoms with Crippen LogP contribution in [0.25, 0.3) is 10.9 Å². The van der Waals surface area contributed by atoms with Gasteiger partial charge in [0.25, 0.3) is 0 Å². The van der Waals surface area contributed by atoms with Crippen LogP contribution in [-0.2, 0) is 9.53 Å². The van der Waals surface area contributed by atoms with Gasteiger partial charge in [0, 0.05) is 17.2 Å². The molecule has 0 bridgehead atoms. The maximum atomic E-state index is 10.8. The SMILES string of the molecule is C=CC(=O)OCCSc1cc2ccccc2nn1. The van der Waals surface area contributed by atoms with Gasteiger partial charge in [-0.1, -0.05) is 24.8 Å². The Balaban J connectivity index is 1.91. The summed E-state index contributed by atoms with van der Waals surface area (Å²) in [4.78, 5) is 10.8. The molecule has 0 unspecified atom stereocenters. The standard InChI is InChI=1S/C13H12N2O2S/c1-2-13(16)17-7-8-18-12-9-10-5-3-4-6-11(10)14-15-12/h2-6,9H,1,7-8H2. The topological polar surface area (TPSA) is 52.1 Å². The summed E-state index contributed by atoms with van der Waals surface area (Å²) in [5.74, 6) is 0.243. The number of esters is 1. The van der Waals surface area contributed by atoms with Crippen molar-refractivity contribution in [3.05, 3.63) is 43.0 Å². The predicted octanol–water partition coefficient (Wildman–Crippen LogP) is 2.45. The largest absolute Gasteiger partial charge is 0.462 e. The Bertz CT molecular complexity index is 572. The molecule has 1 aromatic heterocycles. The Hall–Kier alpha value is -1.88. The van der Waals surface area contributed by atoms with Crippen molar-refractivity contribution in [1.82, 2.24) is 10.2 Å². The van der Waals surface area contributed by atoms with Gasteiger partial charge in [-0.15, -0.1) is 22.0 Å². The third-order valence-corrected chi connectivity index (χ3v) is 3.08. The minimum Gasteiger partial charge on any atom is -0.462 e. The van der Waals surface area contributed by atoms with Gasteiger partial charge in [0.1, 0.15) is 11.6 Å². The number of carbonyl (C=O) groups is 1. The summed E-state index contributed by atoms with van der Waals surface area (Å²) >= 11 is 1.50. The molecule has 0 atom stereocenters. The van der Waals surface area contributed by atoms with Crippen molar-refractivity contribution in [2.24, 2.45) is 0 Å². The van der Waals surface area contributed by atoms with Crippen LogP contribution in [0.2, 0.25) is 0 Å². The summed E-state index contributed by atoms with van der Waals surface area (Å²) in [6.45, 7) is 3.67. The molecular weight excluding hydrogens is 248 g/mol. The summed E-state index contributed by atoms with van der Waals surface area (Å²) in [5, 5.41) is 10.1. The lowest BCUT2D eigenvalue weighted by molar-refractivity contribution is -0.137. The van der Waals surface area contributed by atoms with Crippen LogP contribution in [0.1, 0.15) is 0 Å². The minimum atomic E-state index is -0.403. The Labute approximate surface area is 109 Å². The number of fused-ring (bicyclic) bond motifs is 1. The number of benzene rings is 1. The number of nitrogens with zero attached hydrogens (tertiary/aromatic N) is 2. The molecule has 0 aliphatic carbocycles. The second-order valence-electron chi connectivity index (χ2n) is 3.46. The van der Waals surface area contributed by atoms with Gasteiger partial charge in [-0.3, -0.25) is 0 Å². The van der Waals surface area contributed by atoms with Crippen LogP contribution in [0.5, 0.6) is 0 Å². The van der Waals surface area contributed by atoms with Crippen molar-refractivity contribution in [3.8, 4) is 0 Å². The molecule has 2 aromatic rings. The van der Waals surface area contributed by atoms with E-state index >= 15 is 0 Å². The lowest BCUT2D eigenvalue weighted by Gasteiger charge is -2.02. The highest BCUT2D eigenvalue weighted by Crippen LogP contribution is 2.18. The average molecular weight is 260 g/mol. The molecule has 0 aliphatic heterocycles. The quantitative estimate of drug-likeness (QED) is 0.358. The minimum absolute atomic E-state index is 0.337. The van der Waals surface area contributed by atoms with Crippen molar-refractivity contribution in [2.45, 2.75) is 5.03 Å². The normalized spacial score (nSPS) is 10.2. The molecule has 0 amide bonds. The summed E-state index contributed by atoms with van der Waals surface area (Å²) in [6, 6.07) is 9.78. The fourth-order valence-electron chi connectivity index (χ4n) is 1.38. The molecule has 92 valence electrons. The summed E-state index contributed by atoms with van der Waals surface area (Å²) in [6.07, 6.45) is 1.15. The van der Waals surface area contributed by atoms with E-state index in [-0.39, 0.29) is 0 Å². The highest BCUT2D eigenvalue weighted by Gasteiger charge is 2.01. The summed E-state index contributed by atoms with van der Waals surface area (Å²) in [7, 11) is 0. The molecule has 0 aliphatic rings. The number of rotatable bonds is 5. The molecule has 5 heteroatoms. The second-order valence-corrected chi connectivity index (χ2v) is 4.58. The Kier molecular flexibility index (Phi) is 4.30. The smallest absolute Gasteiger partial charge is 0.330 e. The van der Waals surface area contributed by atoms with E-state index in [1.807, 2.05) is 30.3 Å². The number of ether oxygens (including phenoxy) is 1. The van der Waals surface area contributed by atoms with E-state index in [1.165, 1.54) is 11.8 Å².